The van der Waals surface area contributed by atoms with Crippen LogP contribution in [0.15, 0.2) is 65.7 Å². The van der Waals surface area contributed by atoms with E-state index in [1.807, 2.05) is 0 Å². The molecular weight excluding hydrogens is 378 g/mol. The Balaban J connectivity index is 1.96. The number of aromatic nitrogens is 4. The molecule has 0 unspecified atom stereocenters. The lowest BCUT2D eigenvalue weighted by Crippen LogP contribution is -2.18. The van der Waals surface area contributed by atoms with Crippen molar-refractivity contribution in [3.05, 3.63) is 88.3 Å². The van der Waals surface area contributed by atoms with Gasteiger partial charge in [0, 0.05) is 0 Å². The highest BCUT2D eigenvalue weighted by molar-refractivity contribution is 5.59. The molecule has 0 bridgehead atoms. The topological polar surface area (TPSA) is 61.9 Å². The Bertz CT molecular complexity index is 1260. The highest BCUT2D eigenvalue weighted by Crippen LogP contribution is 2.23. The van der Waals surface area contributed by atoms with Gasteiger partial charge in [0.05, 0.1) is 25.2 Å². The molecule has 0 radical (unpaired) electrons. The molecule has 0 N–H and O–H groups in total. The van der Waals surface area contributed by atoms with Crippen molar-refractivity contribution in [2.45, 2.75) is 6.92 Å². The third kappa shape index (κ3) is 3.29. The summed E-state index contributed by atoms with van der Waals surface area (Å²) in [6.07, 6.45) is 2.74. The minimum absolute atomic E-state index is 0.0312. The van der Waals surface area contributed by atoms with E-state index in [-0.39, 0.29) is 28.5 Å². The number of benzene rings is 2. The molecule has 8 heteroatoms. The Kier molecular flexibility index (Phi) is 4.67. The Morgan fingerprint density at radius 2 is 1.79 bits per heavy atom. The summed E-state index contributed by atoms with van der Waals surface area (Å²) >= 11 is 0. The Hall–Kier alpha value is -3.81. The molecule has 6 nitrogen and oxygen atoms in total. The van der Waals surface area contributed by atoms with Crippen LogP contribution in [0.5, 0.6) is 5.75 Å². The van der Waals surface area contributed by atoms with Crippen molar-refractivity contribution in [1.29, 1.82) is 0 Å². The monoisotopic (exact) mass is 394 g/mol. The van der Waals surface area contributed by atoms with Crippen LogP contribution in [-0.4, -0.2) is 26.7 Å². The molecule has 0 saturated heterocycles. The number of aryl methyl sites for hydroxylation is 1. The first-order valence-corrected chi connectivity index (χ1v) is 8.73. The molecule has 0 spiro atoms. The van der Waals surface area contributed by atoms with E-state index in [0.29, 0.717) is 0 Å². The fourth-order valence-electron chi connectivity index (χ4n) is 3.00. The fourth-order valence-corrected chi connectivity index (χ4v) is 3.00. The van der Waals surface area contributed by atoms with Gasteiger partial charge in [0.15, 0.2) is 11.4 Å². The summed E-state index contributed by atoms with van der Waals surface area (Å²) in [5.74, 6) is -1.04. The van der Waals surface area contributed by atoms with Crippen LogP contribution < -0.4 is 10.2 Å². The number of halogens is 2. The lowest BCUT2D eigenvalue weighted by atomic mass is 10.2. The van der Waals surface area contributed by atoms with E-state index < -0.39 is 17.1 Å². The second-order valence-electron chi connectivity index (χ2n) is 6.35. The molecule has 0 aliphatic rings. The van der Waals surface area contributed by atoms with E-state index in [2.05, 4.69) is 10.2 Å². The van der Waals surface area contributed by atoms with Crippen LogP contribution in [0.1, 0.15) is 5.56 Å². The largest absolute Gasteiger partial charge is 0.491 e. The SMILES string of the molecule is COc1cn(-c2ccc(C)cc2F)nc(-c2ccnn2-c2ccccc2F)c1=O. The van der Waals surface area contributed by atoms with E-state index in [9.17, 15) is 13.6 Å². The average molecular weight is 394 g/mol. The van der Waals surface area contributed by atoms with E-state index in [1.54, 1.807) is 31.2 Å². The molecule has 0 amide bonds. The summed E-state index contributed by atoms with van der Waals surface area (Å²) < 4.78 is 36.5. The summed E-state index contributed by atoms with van der Waals surface area (Å²) in [4.78, 5) is 12.9. The summed E-state index contributed by atoms with van der Waals surface area (Å²) in [6, 6.07) is 12.2. The number of ether oxygens (including phenoxy) is 1. The zero-order chi connectivity index (χ0) is 20.5. The van der Waals surface area contributed by atoms with Gasteiger partial charge in [-0.3, -0.25) is 4.79 Å². The van der Waals surface area contributed by atoms with E-state index in [1.165, 1.54) is 53.1 Å². The van der Waals surface area contributed by atoms with Crippen molar-refractivity contribution in [2.75, 3.05) is 7.11 Å². The molecule has 2 heterocycles. The van der Waals surface area contributed by atoms with Gasteiger partial charge >= 0.3 is 0 Å². The van der Waals surface area contributed by atoms with Crippen molar-refractivity contribution in [3.8, 4) is 28.5 Å². The Labute approximate surface area is 164 Å². The number of hydrogen-bond donors (Lipinski definition) is 0. The lowest BCUT2D eigenvalue weighted by Gasteiger charge is -2.13. The third-order valence-corrected chi connectivity index (χ3v) is 4.42. The van der Waals surface area contributed by atoms with Crippen molar-refractivity contribution in [1.82, 2.24) is 19.6 Å². The maximum atomic E-state index is 14.5. The van der Waals surface area contributed by atoms with E-state index >= 15 is 0 Å². The second kappa shape index (κ2) is 7.31. The summed E-state index contributed by atoms with van der Waals surface area (Å²) in [5.41, 5.74) is 0.730. The Morgan fingerprint density at radius 3 is 2.52 bits per heavy atom. The van der Waals surface area contributed by atoms with Crippen molar-refractivity contribution in [2.24, 2.45) is 0 Å². The summed E-state index contributed by atoms with van der Waals surface area (Å²) in [5, 5.41) is 8.43. The zero-order valence-corrected chi connectivity index (χ0v) is 15.6. The first-order valence-electron chi connectivity index (χ1n) is 8.73. The average Bonchev–Trinajstić information content (AvgIpc) is 3.18. The molecule has 2 aromatic carbocycles. The normalized spacial score (nSPS) is 10.9. The van der Waals surface area contributed by atoms with Crippen molar-refractivity contribution in [3.63, 3.8) is 0 Å². The maximum Gasteiger partial charge on any atom is 0.251 e. The van der Waals surface area contributed by atoms with Gasteiger partial charge in [-0.1, -0.05) is 18.2 Å². The fraction of sp³-hybridized carbons (Fsp3) is 0.0952. The van der Waals surface area contributed by atoms with Gasteiger partial charge in [0.25, 0.3) is 5.43 Å². The summed E-state index contributed by atoms with van der Waals surface area (Å²) in [6.45, 7) is 1.77. The second-order valence-corrected chi connectivity index (χ2v) is 6.35. The molecular formula is C21H16F2N4O2. The molecule has 0 atom stereocenters. The molecule has 0 saturated carbocycles. The minimum Gasteiger partial charge on any atom is -0.491 e. The van der Waals surface area contributed by atoms with Gasteiger partial charge in [-0.05, 0) is 42.8 Å². The highest BCUT2D eigenvalue weighted by Gasteiger charge is 2.19. The molecule has 0 aliphatic heterocycles. The number of hydrogen-bond acceptors (Lipinski definition) is 4. The van der Waals surface area contributed by atoms with Gasteiger partial charge in [-0.25, -0.2) is 18.1 Å². The number of nitrogens with zero attached hydrogens (tertiary/aromatic N) is 4. The van der Waals surface area contributed by atoms with Crippen LogP contribution in [-0.2, 0) is 0 Å². The molecule has 2 aromatic heterocycles. The van der Waals surface area contributed by atoms with Gasteiger partial charge < -0.3 is 4.74 Å². The zero-order valence-electron chi connectivity index (χ0n) is 15.6. The van der Waals surface area contributed by atoms with Gasteiger partial charge in [0.2, 0.25) is 0 Å². The van der Waals surface area contributed by atoms with Crippen LogP contribution >= 0.6 is 0 Å². The van der Waals surface area contributed by atoms with Crippen LogP contribution in [0.2, 0.25) is 0 Å². The molecule has 0 fully saturated rings. The first kappa shape index (κ1) is 18.5. The van der Waals surface area contributed by atoms with Crippen LogP contribution in [0.4, 0.5) is 8.78 Å². The minimum atomic E-state index is -0.519. The van der Waals surface area contributed by atoms with Gasteiger partial charge in [-0.15, -0.1) is 0 Å². The number of rotatable bonds is 4. The van der Waals surface area contributed by atoms with Gasteiger partial charge in [0.1, 0.15) is 23.0 Å². The quantitative estimate of drug-likeness (QED) is 0.530. The van der Waals surface area contributed by atoms with Crippen LogP contribution in [0, 0.1) is 18.6 Å². The van der Waals surface area contributed by atoms with Crippen molar-refractivity contribution < 1.29 is 13.5 Å². The third-order valence-electron chi connectivity index (χ3n) is 4.42. The smallest absolute Gasteiger partial charge is 0.251 e. The predicted molar refractivity (Wildman–Crippen MR) is 104 cm³/mol. The first-order chi connectivity index (χ1) is 14.0. The maximum absolute atomic E-state index is 14.5. The molecule has 4 rings (SSSR count). The predicted octanol–water partition coefficient (Wildman–Crippen LogP) is 3.68. The van der Waals surface area contributed by atoms with Crippen molar-refractivity contribution >= 4 is 0 Å². The van der Waals surface area contributed by atoms with E-state index in [4.69, 9.17) is 4.74 Å². The molecule has 29 heavy (non-hydrogen) atoms. The lowest BCUT2D eigenvalue weighted by molar-refractivity contribution is 0.405. The molecule has 0 aliphatic carbocycles. The standard InChI is InChI=1S/C21H16F2N4O2/c1-13-7-8-16(15(23)11-13)26-12-19(29-2)21(28)20(25-26)18-9-10-24-27(18)17-6-4-3-5-14(17)22/h3-12H,1-2H3. The molecule has 146 valence electrons. The molecule has 4 aromatic rings. The number of methoxy groups -OCH3 is 1. The highest BCUT2D eigenvalue weighted by atomic mass is 19.1. The summed E-state index contributed by atoms with van der Waals surface area (Å²) in [7, 11) is 1.34. The Morgan fingerprint density at radius 1 is 1.00 bits per heavy atom. The van der Waals surface area contributed by atoms with Crippen LogP contribution in [0.25, 0.3) is 22.8 Å². The van der Waals surface area contributed by atoms with Crippen LogP contribution in [0.3, 0.4) is 0 Å². The van der Waals surface area contributed by atoms with E-state index in [0.717, 1.165) is 5.56 Å². The number of para-hydroxylation sites is 1. The van der Waals surface area contributed by atoms with Gasteiger partial charge in [-0.2, -0.15) is 10.2 Å².